The highest BCUT2D eigenvalue weighted by molar-refractivity contribution is 9.10. The van der Waals surface area contributed by atoms with Crippen molar-refractivity contribution in [3.05, 3.63) is 62.6 Å². The lowest BCUT2D eigenvalue weighted by molar-refractivity contribution is 0.207. The number of methoxy groups -OCH3 is 1. The summed E-state index contributed by atoms with van der Waals surface area (Å²) in [5.74, 6) is 1.72. The topological polar surface area (TPSA) is 65.7 Å². The molecule has 0 saturated heterocycles. The molecule has 0 spiro atoms. The quantitative estimate of drug-likeness (QED) is 0.524. The van der Waals surface area contributed by atoms with E-state index in [1.54, 1.807) is 26.3 Å². The minimum atomic E-state index is -0.229. The Labute approximate surface area is 171 Å². The van der Waals surface area contributed by atoms with E-state index in [-0.39, 0.29) is 11.7 Å². The molecule has 146 valence electrons. The molecule has 0 aliphatic rings. The first kappa shape index (κ1) is 20.1. The van der Waals surface area contributed by atoms with E-state index in [4.69, 9.17) is 9.47 Å². The van der Waals surface area contributed by atoms with Crippen molar-refractivity contribution in [3.8, 4) is 11.5 Å². The highest BCUT2D eigenvalue weighted by Crippen LogP contribution is 2.31. The normalized spacial score (nSPS) is 12.5. The molecule has 0 aliphatic heterocycles. The zero-order valence-electron chi connectivity index (χ0n) is 16.3. The van der Waals surface area contributed by atoms with Crippen molar-refractivity contribution in [1.29, 1.82) is 0 Å². The highest BCUT2D eigenvalue weighted by Gasteiger charge is 2.13. The molecule has 0 radical (unpaired) electrons. The summed E-state index contributed by atoms with van der Waals surface area (Å²) in [6.07, 6.45) is 2.48. The molecule has 0 aliphatic carbocycles. The molecule has 0 amide bonds. The molecule has 0 bridgehead atoms. The van der Waals surface area contributed by atoms with Crippen LogP contribution in [0.2, 0.25) is 0 Å². The van der Waals surface area contributed by atoms with Gasteiger partial charge in [-0.25, -0.2) is 4.98 Å². The summed E-state index contributed by atoms with van der Waals surface area (Å²) in [5, 5.41) is 4.89. The molecule has 6 nitrogen and oxygen atoms in total. The van der Waals surface area contributed by atoms with Crippen LogP contribution in [0.25, 0.3) is 10.9 Å². The summed E-state index contributed by atoms with van der Waals surface area (Å²) in [6.45, 7) is 5.80. The molecule has 2 aromatic carbocycles. The largest absolute Gasteiger partial charge is 0.493 e. The van der Waals surface area contributed by atoms with Crippen LogP contribution in [0, 0.1) is 6.92 Å². The van der Waals surface area contributed by atoms with Crippen LogP contribution >= 0.6 is 15.9 Å². The van der Waals surface area contributed by atoms with Gasteiger partial charge in [0, 0.05) is 10.0 Å². The van der Waals surface area contributed by atoms with Gasteiger partial charge in [0.15, 0.2) is 11.5 Å². The first-order valence-electron chi connectivity index (χ1n) is 9.01. The third kappa shape index (κ3) is 4.09. The summed E-state index contributed by atoms with van der Waals surface area (Å²) in [4.78, 5) is 17.4. The molecule has 3 aromatic rings. The first-order valence-corrected chi connectivity index (χ1v) is 9.80. The zero-order valence-corrected chi connectivity index (χ0v) is 17.9. The van der Waals surface area contributed by atoms with E-state index < -0.39 is 0 Å². The van der Waals surface area contributed by atoms with Crippen LogP contribution in [-0.2, 0) is 0 Å². The number of aromatic nitrogens is 2. The van der Waals surface area contributed by atoms with Crippen molar-refractivity contribution >= 4 is 33.0 Å². The van der Waals surface area contributed by atoms with E-state index >= 15 is 0 Å². The van der Waals surface area contributed by atoms with Crippen molar-refractivity contribution in [2.75, 3.05) is 7.11 Å². The van der Waals surface area contributed by atoms with Crippen molar-refractivity contribution < 1.29 is 9.47 Å². The lowest BCUT2D eigenvalue weighted by atomic mass is 10.2. The van der Waals surface area contributed by atoms with E-state index in [0.29, 0.717) is 28.2 Å². The Bertz CT molecular complexity index is 1090. The third-order valence-electron chi connectivity index (χ3n) is 4.41. The van der Waals surface area contributed by atoms with Crippen LogP contribution < -0.4 is 15.0 Å². The van der Waals surface area contributed by atoms with Gasteiger partial charge in [-0.1, -0.05) is 28.9 Å². The Morgan fingerprint density at radius 2 is 2.11 bits per heavy atom. The summed E-state index contributed by atoms with van der Waals surface area (Å²) in [5.41, 5.74) is 1.13. The fraction of sp³-hybridized carbons (Fsp3) is 0.286. The molecule has 0 saturated carbocycles. The van der Waals surface area contributed by atoms with Gasteiger partial charge in [-0.2, -0.15) is 9.78 Å². The van der Waals surface area contributed by atoms with Crippen LogP contribution in [0.1, 0.15) is 31.7 Å². The smallest absolute Gasteiger partial charge is 0.282 e. The number of aryl methyl sites for hydroxylation is 1. The fourth-order valence-electron chi connectivity index (χ4n) is 2.72. The Morgan fingerprint density at radius 3 is 2.82 bits per heavy atom. The number of nitrogens with zero attached hydrogens (tertiary/aromatic N) is 3. The Morgan fingerprint density at radius 1 is 1.32 bits per heavy atom. The van der Waals surface area contributed by atoms with Gasteiger partial charge in [-0.05, 0) is 50.6 Å². The third-order valence-corrected chi connectivity index (χ3v) is 4.90. The van der Waals surface area contributed by atoms with E-state index in [0.717, 1.165) is 16.5 Å². The predicted octanol–water partition coefficient (Wildman–Crippen LogP) is 4.54. The van der Waals surface area contributed by atoms with E-state index in [1.807, 2.05) is 37.3 Å². The molecular weight excluding hydrogens is 422 g/mol. The second-order valence-corrected chi connectivity index (χ2v) is 7.31. The average molecular weight is 444 g/mol. The minimum Gasteiger partial charge on any atom is -0.493 e. The lowest BCUT2D eigenvalue weighted by Crippen LogP contribution is -2.20. The number of halogens is 1. The molecule has 3 rings (SSSR count). The van der Waals surface area contributed by atoms with Crippen LogP contribution in [0.15, 0.2) is 50.8 Å². The molecule has 28 heavy (non-hydrogen) atoms. The number of para-hydroxylation sites is 1. The minimum absolute atomic E-state index is 0.0209. The number of hydrogen-bond donors (Lipinski definition) is 0. The van der Waals surface area contributed by atoms with Gasteiger partial charge >= 0.3 is 0 Å². The number of fused-ring (bicyclic) bond motifs is 1. The number of benzene rings is 2. The van der Waals surface area contributed by atoms with E-state index in [2.05, 4.69) is 32.9 Å². The molecule has 0 fully saturated rings. The zero-order chi connectivity index (χ0) is 20.3. The fourth-order valence-corrected chi connectivity index (χ4v) is 3.08. The van der Waals surface area contributed by atoms with Crippen molar-refractivity contribution in [3.63, 3.8) is 0 Å². The SMILES string of the molecule is CC[C@H](C)Oc1c(C=Nn2c(C)nc3ccc(Br)cc3c2=O)cccc1OC. The molecule has 7 heteroatoms. The maximum absolute atomic E-state index is 12.9. The van der Waals surface area contributed by atoms with Gasteiger partial charge in [-0.3, -0.25) is 4.79 Å². The van der Waals surface area contributed by atoms with Crippen molar-refractivity contribution in [2.24, 2.45) is 5.10 Å². The molecule has 1 atom stereocenters. The Hall–Kier alpha value is -2.67. The lowest BCUT2D eigenvalue weighted by Gasteiger charge is -2.17. The van der Waals surface area contributed by atoms with Crippen LogP contribution in [0.3, 0.4) is 0 Å². The van der Waals surface area contributed by atoms with Gasteiger partial charge in [-0.15, -0.1) is 0 Å². The maximum atomic E-state index is 12.9. The first-order chi connectivity index (χ1) is 13.4. The van der Waals surface area contributed by atoms with E-state index in [1.165, 1.54) is 4.68 Å². The Balaban J connectivity index is 2.08. The van der Waals surface area contributed by atoms with Crippen molar-refractivity contribution in [1.82, 2.24) is 9.66 Å². The average Bonchev–Trinajstić information content (AvgIpc) is 2.69. The van der Waals surface area contributed by atoms with Crippen molar-refractivity contribution in [2.45, 2.75) is 33.3 Å². The standard InChI is InChI=1S/C21H22BrN3O3/c1-5-13(2)28-20-15(7-6-8-19(20)27-4)12-23-25-14(3)24-18-10-9-16(22)11-17(18)21(25)26/h6-13H,5H2,1-4H3/t13-/m0/s1. The van der Waals surface area contributed by atoms with Gasteiger partial charge in [0.05, 0.1) is 30.3 Å². The molecule has 1 aromatic heterocycles. The summed E-state index contributed by atoms with van der Waals surface area (Å²) < 4.78 is 13.6. The van der Waals surface area contributed by atoms with Gasteiger partial charge in [0.25, 0.3) is 5.56 Å². The second kappa shape index (κ2) is 8.56. The second-order valence-electron chi connectivity index (χ2n) is 6.40. The van der Waals surface area contributed by atoms with Crippen LogP contribution in [-0.4, -0.2) is 29.1 Å². The molecule has 0 N–H and O–H groups in total. The highest BCUT2D eigenvalue weighted by atomic mass is 79.9. The molecular formula is C21H22BrN3O3. The van der Waals surface area contributed by atoms with Gasteiger partial charge in [0.2, 0.25) is 0 Å². The maximum Gasteiger partial charge on any atom is 0.282 e. The Kier molecular flexibility index (Phi) is 6.14. The summed E-state index contributed by atoms with van der Waals surface area (Å²) >= 11 is 3.40. The number of rotatable bonds is 6. The number of ether oxygens (including phenoxy) is 2. The molecule has 0 unspecified atom stereocenters. The van der Waals surface area contributed by atoms with Crippen LogP contribution in [0.4, 0.5) is 0 Å². The summed E-state index contributed by atoms with van der Waals surface area (Å²) in [7, 11) is 1.60. The predicted molar refractivity (Wildman–Crippen MR) is 115 cm³/mol. The van der Waals surface area contributed by atoms with Gasteiger partial charge in [0.1, 0.15) is 5.82 Å². The van der Waals surface area contributed by atoms with E-state index in [9.17, 15) is 4.79 Å². The van der Waals surface area contributed by atoms with Crippen LogP contribution in [0.5, 0.6) is 11.5 Å². The summed E-state index contributed by atoms with van der Waals surface area (Å²) in [6, 6.07) is 11.0. The molecule has 1 heterocycles. The monoisotopic (exact) mass is 443 g/mol. The van der Waals surface area contributed by atoms with Gasteiger partial charge < -0.3 is 9.47 Å². The number of hydrogen-bond acceptors (Lipinski definition) is 5.